The van der Waals surface area contributed by atoms with Gasteiger partial charge < -0.3 is 5.32 Å². The Morgan fingerprint density at radius 3 is 2.88 bits per heavy atom. The lowest BCUT2D eigenvalue weighted by Gasteiger charge is -2.05. The second-order valence-electron chi connectivity index (χ2n) is 3.64. The predicted molar refractivity (Wildman–Crippen MR) is 75.7 cm³/mol. The number of amides is 1. The summed E-state index contributed by atoms with van der Waals surface area (Å²) in [6, 6.07) is 11.8. The number of thiophene rings is 1. The Labute approximate surface area is 113 Å². The lowest BCUT2D eigenvalue weighted by atomic mass is 10.2. The van der Waals surface area contributed by atoms with Gasteiger partial charge in [0.1, 0.15) is 0 Å². The molecule has 2 rings (SSSR count). The first-order valence-electron chi connectivity index (χ1n) is 5.25. The molecule has 0 fully saturated rings. The van der Waals surface area contributed by atoms with Crippen LogP contribution in [0.15, 0.2) is 41.8 Å². The van der Waals surface area contributed by atoms with Crippen LogP contribution in [0.25, 0.3) is 0 Å². The molecule has 17 heavy (non-hydrogen) atoms. The molecule has 0 saturated heterocycles. The second-order valence-corrected chi connectivity index (χ2v) is 5.23. The molecule has 0 aliphatic heterocycles. The highest BCUT2D eigenvalue weighted by Crippen LogP contribution is 2.14. The summed E-state index contributed by atoms with van der Waals surface area (Å²) in [6.45, 7) is 0. The van der Waals surface area contributed by atoms with Crippen LogP contribution in [0.2, 0.25) is 0 Å². The number of hydrogen-bond acceptors (Lipinski definition) is 2. The Balaban J connectivity index is 1.98. The molecule has 1 N–H and O–H groups in total. The van der Waals surface area contributed by atoms with Gasteiger partial charge >= 0.3 is 0 Å². The number of carbonyl (C=O) groups is 1. The van der Waals surface area contributed by atoms with Gasteiger partial charge in [0.15, 0.2) is 0 Å². The zero-order chi connectivity index (χ0) is 12.1. The van der Waals surface area contributed by atoms with E-state index in [4.69, 9.17) is 0 Å². The number of anilines is 1. The van der Waals surface area contributed by atoms with E-state index in [1.165, 1.54) is 0 Å². The molecular formula is C13H12BrNOS. The highest BCUT2D eigenvalue weighted by molar-refractivity contribution is 9.08. The van der Waals surface area contributed by atoms with Crippen LogP contribution in [0.3, 0.4) is 0 Å². The summed E-state index contributed by atoms with van der Waals surface area (Å²) >= 11 is 5.00. The Kier molecular flexibility index (Phi) is 4.34. The average Bonchev–Trinajstić information content (AvgIpc) is 2.82. The van der Waals surface area contributed by atoms with E-state index in [2.05, 4.69) is 21.2 Å². The van der Waals surface area contributed by atoms with Gasteiger partial charge in [-0.1, -0.05) is 34.1 Å². The Morgan fingerprint density at radius 2 is 2.18 bits per heavy atom. The molecular weight excluding hydrogens is 298 g/mol. The summed E-state index contributed by atoms with van der Waals surface area (Å²) in [4.78, 5) is 12.8. The molecule has 0 aliphatic rings. The topological polar surface area (TPSA) is 29.1 Å². The minimum absolute atomic E-state index is 0.0270. The number of hydrogen-bond donors (Lipinski definition) is 1. The molecule has 0 saturated carbocycles. The molecule has 2 nitrogen and oxygen atoms in total. The van der Waals surface area contributed by atoms with E-state index in [0.29, 0.717) is 6.42 Å². The van der Waals surface area contributed by atoms with Crippen molar-refractivity contribution in [3.05, 3.63) is 52.2 Å². The van der Waals surface area contributed by atoms with Gasteiger partial charge in [0.25, 0.3) is 0 Å². The Morgan fingerprint density at radius 1 is 1.29 bits per heavy atom. The first kappa shape index (κ1) is 12.3. The number of benzene rings is 1. The van der Waals surface area contributed by atoms with E-state index in [0.717, 1.165) is 21.5 Å². The number of alkyl halides is 1. The Bertz CT molecular complexity index is 496. The smallest absolute Gasteiger partial charge is 0.229 e. The number of nitrogens with one attached hydrogen (secondary N) is 1. The molecule has 1 amide bonds. The van der Waals surface area contributed by atoms with Crippen LogP contribution in [0.5, 0.6) is 0 Å². The first-order chi connectivity index (χ1) is 8.28. The highest BCUT2D eigenvalue weighted by atomic mass is 79.9. The standard InChI is InChI=1S/C13H12BrNOS/c14-9-10-3-1-4-11(7-10)15-13(16)8-12-5-2-6-17-12/h1-7H,8-9H2,(H,15,16). The van der Waals surface area contributed by atoms with Gasteiger partial charge in [-0.2, -0.15) is 0 Å². The van der Waals surface area contributed by atoms with Gasteiger partial charge in [0.2, 0.25) is 5.91 Å². The summed E-state index contributed by atoms with van der Waals surface area (Å²) in [5, 5.41) is 5.68. The largest absolute Gasteiger partial charge is 0.326 e. The fourth-order valence-corrected chi connectivity index (χ4v) is 2.56. The van der Waals surface area contributed by atoms with E-state index < -0.39 is 0 Å². The van der Waals surface area contributed by atoms with Crippen molar-refractivity contribution in [3.63, 3.8) is 0 Å². The monoisotopic (exact) mass is 309 g/mol. The van der Waals surface area contributed by atoms with E-state index in [-0.39, 0.29) is 5.91 Å². The van der Waals surface area contributed by atoms with Gasteiger partial charge in [-0.15, -0.1) is 11.3 Å². The Hall–Kier alpha value is -1.13. The average molecular weight is 310 g/mol. The molecule has 0 aliphatic carbocycles. The van der Waals surface area contributed by atoms with Crippen molar-refractivity contribution >= 4 is 38.9 Å². The molecule has 0 spiro atoms. The molecule has 0 atom stereocenters. The van der Waals surface area contributed by atoms with Crippen LogP contribution >= 0.6 is 27.3 Å². The third-order valence-corrected chi connectivity index (χ3v) is 3.80. The minimum Gasteiger partial charge on any atom is -0.326 e. The van der Waals surface area contributed by atoms with E-state index >= 15 is 0 Å². The molecule has 88 valence electrons. The zero-order valence-corrected chi connectivity index (χ0v) is 11.6. The van der Waals surface area contributed by atoms with Crippen LogP contribution in [0.4, 0.5) is 5.69 Å². The van der Waals surface area contributed by atoms with Crippen molar-refractivity contribution in [1.29, 1.82) is 0 Å². The van der Waals surface area contributed by atoms with Crippen LogP contribution in [0, 0.1) is 0 Å². The van der Waals surface area contributed by atoms with Gasteiger partial charge in [0, 0.05) is 15.9 Å². The second kappa shape index (κ2) is 5.98. The van der Waals surface area contributed by atoms with Gasteiger partial charge in [-0.05, 0) is 29.1 Å². The number of halogens is 1. The fourth-order valence-electron chi connectivity index (χ4n) is 1.51. The highest BCUT2D eigenvalue weighted by Gasteiger charge is 2.04. The van der Waals surface area contributed by atoms with E-state index in [9.17, 15) is 4.79 Å². The molecule has 1 heterocycles. The van der Waals surface area contributed by atoms with Crippen LogP contribution < -0.4 is 5.32 Å². The lowest BCUT2D eigenvalue weighted by Crippen LogP contribution is -2.13. The lowest BCUT2D eigenvalue weighted by molar-refractivity contribution is -0.115. The molecule has 0 unspecified atom stereocenters. The van der Waals surface area contributed by atoms with E-state index in [1.807, 2.05) is 41.8 Å². The molecule has 0 radical (unpaired) electrons. The van der Waals surface area contributed by atoms with Crippen molar-refractivity contribution in [2.75, 3.05) is 5.32 Å². The van der Waals surface area contributed by atoms with Crippen LogP contribution in [0.1, 0.15) is 10.4 Å². The van der Waals surface area contributed by atoms with Crippen LogP contribution in [-0.2, 0) is 16.5 Å². The number of rotatable bonds is 4. The molecule has 2 aromatic rings. The molecule has 1 aromatic carbocycles. The van der Waals surface area contributed by atoms with Gasteiger partial charge in [-0.25, -0.2) is 0 Å². The minimum atomic E-state index is 0.0270. The first-order valence-corrected chi connectivity index (χ1v) is 7.25. The molecule has 0 bridgehead atoms. The van der Waals surface area contributed by atoms with Crippen LogP contribution in [-0.4, -0.2) is 5.91 Å². The maximum absolute atomic E-state index is 11.8. The van der Waals surface area contributed by atoms with Crippen molar-refractivity contribution < 1.29 is 4.79 Å². The van der Waals surface area contributed by atoms with Crippen molar-refractivity contribution in [3.8, 4) is 0 Å². The summed E-state index contributed by atoms with van der Waals surface area (Å²) in [7, 11) is 0. The number of carbonyl (C=O) groups excluding carboxylic acids is 1. The zero-order valence-electron chi connectivity index (χ0n) is 9.15. The maximum atomic E-state index is 11.8. The van der Waals surface area contributed by atoms with Gasteiger partial charge in [-0.3, -0.25) is 4.79 Å². The van der Waals surface area contributed by atoms with Gasteiger partial charge in [0.05, 0.1) is 6.42 Å². The normalized spacial score (nSPS) is 10.2. The molecule has 4 heteroatoms. The van der Waals surface area contributed by atoms with E-state index in [1.54, 1.807) is 11.3 Å². The SMILES string of the molecule is O=C(Cc1cccs1)Nc1cccc(CBr)c1. The predicted octanol–water partition coefficient (Wildman–Crippen LogP) is 3.82. The summed E-state index contributed by atoms with van der Waals surface area (Å²) in [5.74, 6) is 0.0270. The summed E-state index contributed by atoms with van der Waals surface area (Å²) in [6.07, 6.45) is 0.441. The summed E-state index contributed by atoms with van der Waals surface area (Å²) in [5.41, 5.74) is 2.00. The third kappa shape index (κ3) is 3.68. The quantitative estimate of drug-likeness (QED) is 0.855. The molecule has 1 aromatic heterocycles. The maximum Gasteiger partial charge on any atom is 0.229 e. The van der Waals surface area contributed by atoms with Crippen molar-refractivity contribution in [1.82, 2.24) is 0 Å². The van der Waals surface area contributed by atoms with Crippen molar-refractivity contribution in [2.45, 2.75) is 11.8 Å². The summed E-state index contributed by atoms with van der Waals surface area (Å²) < 4.78 is 0. The van der Waals surface area contributed by atoms with Crippen molar-refractivity contribution in [2.24, 2.45) is 0 Å². The fraction of sp³-hybridized carbons (Fsp3) is 0.154. The third-order valence-electron chi connectivity index (χ3n) is 2.28.